The fourth-order valence-electron chi connectivity index (χ4n) is 1.88. The van der Waals surface area contributed by atoms with Crippen molar-refractivity contribution in [3.63, 3.8) is 0 Å². The zero-order chi connectivity index (χ0) is 15.1. The first-order valence-electron chi connectivity index (χ1n) is 7.01. The van der Waals surface area contributed by atoms with Gasteiger partial charge in [-0.3, -0.25) is 9.59 Å². The molecule has 0 aliphatic rings. The van der Waals surface area contributed by atoms with Crippen molar-refractivity contribution in [3.05, 3.63) is 29.8 Å². The molecule has 0 saturated heterocycles. The van der Waals surface area contributed by atoms with E-state index in [1.807, 2.05) is 31.2 Å². The quantitative estimate of drug-likeness (QED) is 0.868. The summed E-state index contributed by atoms with van der Waals surface area (Å²) >= 11 is 0. The van der Waals surface area contributed by atoms with Gasteiger partial charge in [0.1, 0.15) is 0 Å². The van der Waals surface area contributed by atoms with E-state index >= 15 is 0 Å². The summed E-state index contributed by atoms with van der Waals surface area (Å²) in [6.45, 7) is 8.68. The monoisotopic (exact) mass is 276 g/mol. The number of nitrogens with one attached hydrogen (secondary N) is 1. The molecule has 1 aromatic rings. The fraction of sp³-hybridized carbons (Fsp3) is 0.500. The van der Waals surface area contributed by atoms with Gasteiger partial charge in [-0.2, -0.15) is 0 Å². The smallest absolute Gasteiger partial charge is 0.223 e. The van der Waals surface area contributed by atoms with Crippen LogP contribution in [-0.2, 0) is 9.59 Å². The fourth-order valence-corrected chi connectivity index (χ4v) is 1.88. The Morgan fingerprint density at radius 1 is 1.30 bits per heavy atom. The molecular formula is C16H24N2O2. The molecule has 0 aromatic heterocycles. The van der Waals surface area contributed by atoms with Crippen LogP contribution in [0.5, 0.6) is 0 Å². The highest BCUT2D eigenvalue weighted by Gasteiger charge is 2.13. The number of hydrogen-bond donors (Lipinski definition) is 1. The van der Waals surface area contributed by atoms with Crippen LogP contribution in [0.2, 0.25) is 0 Å². The molecule has 0 unspecified atom stereocenters. The van der Waals surface area contributed by atoms with Gasteiger partial charge in [-0.05, 0) is 30.5 Å². The molecule has 0 radical (unpaired) electrons. The molecule has 2 amide bonds. The second kappa shape index (κ2) is 7.68. The molecule has 0 bridgehead atoms. The lowest BCUT2D eigenvalue weighted by Gasteiger charge is -2.21. The Kier molecular flexibility index (Phi) is 6.22. The second-order valence-corrected chi connectivity index (χ2v) is 5.46. The molecule has 110 valence electrons. The third-order valence-corrected chi connectivity index (χ3v) is 2.96. The SMILES string of the molecule is CC(=O)N(CCC(=O)NCC(C)C)c1cccc(C)c1. The van der Waals surface area contributed by atoms with E-state index in [2.05, 4.69) is 19.2 Å². The summed E-state index contributed by atoms with van der Waals surface area (Å²) in [5.74, 6) is 0.365. The Morgan fingerprint density at radius 2 is 2.00 bits per heavy atom. The second-order valence-electron chi connectivity index (χ2n) is 5.46. The maximum absolute atomic E-state index is 11.7. The molecule has 4 heteroatoms. The van der Waals surface area contributed by atoms with Crippen LogP contribution in [-0.4, -0.2) is 24.9 Å². The topological polar surface area (TPSA) is 49.4 Å². The third-order valence-electron chi connectivity index (χ3n) is 2.96. The van der Waals surface area contributed by atoms with Crippen molar-refractivity contribution in [2.75, 3.05) is 18.0 Å². The number of carbonyl (C=O) groups is 2. The minimum Gasteiger partial charge on any atom is -0.356 e. The van der Waals surface area contributed by atoms with Crippen molar-refractivity contribution in [1.29, 1.82) is 0 Å². The third kappa shape index (κ3) is 5.43. The Balaban J connectivity index is 2.61. The van der Waals surface area contributed by atoms with Gasteiger partial charge in [0.2, 0.25) is 11.8 Å². The Hall–Kier alpha value is -1.84. The van der Waals surface area contributed by atoms with Crippen LogP contribution >= 0.6 is 0 Å². The molecule has 4 nitrogen and oxygen atoms in total. The summed E-state index contributed by atoms with van der Waals surface area (Å²) in [7, 11) is 0. The van der Waals surface area contributed by atoms with Crippen LogP contribution in [0, 0.1) is 12.8 Å². The van der Waals surface area contributed by atoms with E-state index in [1.165, 1.54) is 6.92 Å². The van der Waals surface area contributed by atoms with Crippen molar-refractivity contribution in [1.82, 2.24) is 5.32 Å². The summed E-state index contributed by atoms with van der Waals surface area (Å²) in [6, 6.07) is 7.74. The van der Waals surface area contributed by atoms with Gasteiger partial charge in [-0.1, -0.05) is 26.0 Å². The Morgan fingerprint density at radius 3 is 2.55 bits per heavy atom. The van der Waals surface area contributed by atoms with Crippen LogP contribution < -0.4 is 10.2 Å². The predicted octanol–water partition coefficient (Wildman–Crippen LogP) is 2.51. The first-order chi connectivity index (χ1) is 9.40. The zero-order valence-electron chi connectivity index (χ0n) is 12.8. The first-order valence-corrected chi connectivity index (χ1v) is 7.01. The molecule has 0 saturated carbocycles. The first kappa shape index (κ1) is 16.2. The van der Waals surface area contributed by atoms with Gasteiger partial charge < -0.3 is 10.2 Å². The number of anilines is 1. The van der Waals surface area contributed by atoms with E-state index in [-0.39, 0.29) is 11.8 Å². The van der Waals surface area contributed by atoms with Gasteiger partial charge >= 0.3 is 0 Å². The standard InChI is InChI=1S/C16H24N2O2/c1-12(2)11-17-16(20)8-9-18(14(4)19)15-7-5-6-13(3)10-15/h5-7,10,12H,8-9,11H2,1-4H3,(H,17,20). The van der Waals surface area contributed by atoms with E-state index in [0.717, 1.165) is 11.3 Å². The average molecular weight is 276 g/mol. The summed E-state index contributed by atoms with van der Waals surface area (Å²) < 4.78 is 0. The van der Waals surface area contributed by atoms with Gasteiger partial charge in [0, 0.05) is 32.1 Å². The number of aryl methyl sites for hydroxylation is 1. The molecule has 0 heterocycles. The number of hydrogen-bond acceptors (Lipinski definition) is 2. The number of nitrogens with zero attached hydrogens (tertiary/aromatic N) is 1. The Labute approximate surface area is 121 Å². The number of amides is 2. The van der Waals surface area contributed by atoms with Gasteiger partial charge in [0.25, 0.3) is 0 Å². The lowest BCUT2D eigenvalue weighted by atomic mass is 10.2. The largest absolute Gasteiger partial charge is 0.356 e. The number of carbonyl (C=O) groups excluding carboxylic acids is 2. The maximum Gasteiger partial charge on any atom is 0.223 e. The number of benzene rings is 1. The highest BCUT2D eigenvalue weighted by Crippen LogP contribution is 2.16. The van der Waals surface area contributed by atoms with E-state index in [1.54, 1.807) is 4.90 Å². The van der Waals surface area contributed by atoms with Crippen molar-refractivity contribution in [3.8, 4) is 0 Å². The van der Waals surface area contributed by atoms with Crippen LogP contribution in [0.4, 0.5) is 5.69 Å². The zero-order valence-corrected chi connectivity index (χ0v) is 12.8. The van der Waals surface area contributed by atoms with E-state index in [0.29, 0.717) is 25.4 Å². The maximum atomic E-state index is 11.7. The predicted molar refractivity (Wildman–Crippen MR) is 81.7 cm³/mol. The van der Waals surface area contributed by atoms with E-state index in [9.17, 15) is 9.59 Å². The van der Waals surface area contributed by atoms with Crippen molar-refractivity contribution in [2.45, 2.75) is 34.1 Å². The van der Waals surface area contributed by atoms with Gasteiger partial charge in [-0.25, -0.2) is 0 Å². The molecule has 0 spiro atoms. The molecule has 20 heavy (non-hydrogen) atoms. The van der Waals surface area contributed by atoms with Crippen LogP contribution in [0.3, 0.4) is 0 Å². The molecule has 1 rings (SSSR count). The highest BCUT2D eigenvalue weighted by molar-refractivity contribution is 5.92. The van der Waals surface area contributed by atoms with Crippen molar-refractivity contribution < 1.29 is 9.59 Å². The van der Waals surface area contributed by atoms with Crippen molar-refractivity contribution in [2.24, 2.45) is 5.92 Å². The average Bonchev–Trinajstić information content (AvgIpc) is 2.36. The molecule has 0 fully saturated rings. The summed E-state index contributed by atoms with van der Waals surface area (Å²) in [5.41, 5.74) is 1.94. The van der Waals surface area contributed by atoms with Crippen LogP contribution in [0.1, 0.15) is 32.8 Å². The minimum atomic E-state index is -0.0488. The summed E-state index contributed by atoms with van der Waals surface area (Å²) in [4.78, 5) is 25.1. The van der Waals surface area contributed by atoms with E-state index in [4.69, 9.17) is 0 Å². The normalized spacial score (nSPS) is 10.4. The number of rotatable bonds is 6. The molecule has 1 aromatic carbocycles. The van der Waals surface area contributed by atoms with Crippen LogP contribution in [0.15, 0.2) is 24.3 Å². The summed E-state index contributed by atoms with van der Waals surface area (Å²) in [6.07, 6.45) is 0.320. The van der Waals surface area contributed by atoms with E-state index < -0.39 is 0 Å². The van der Waals surface area contributed by atoms with Gasteiger partial charge in [-0.15, -0.1) is 0 Å². The lowest BCUT2D eigenvalue weighted by molar-refractivity contribution is -0.121. The molecule has 0 aliphatic heterocycles. The van der Waals surface area contributed by atoms with Gasteiger partial charge in [0.05, 0.1) is 0 Å². The van der Waals surface area contributed by atoms with Crippen LogP contribution in [0.25, 0.3) is 0 Å². The molecule has 0 atom stereocenters. The molecule has 1 N–H and O–H groups in total. The lowest BCUT2D eigenvalue weighted by Crippen LogP contribution is -2.34. The molecule has 0 aliphatic carbocycles. The Bertz CT molecular complexity index is 469. The summed E-state index contributed by atoms with van der Waals surface area (Å²) in [5, 5.41) is 2.86. The minimum absolute atomic E-state index is 0.0161. The molecular weight excluding hydrogens is 252 g/mol. The highest BCUT2D eigenvalue weighted by atomic mass is 16.2. The van der Waals surface area contributed by atoms with Gasteiger partial charge in [0.15, 0.2) is 0 Å². The van der Waals surface area contributed by atoms with Crippen molar-refractivity contribution >= 4 is 17.5 Å².